The van der Waals surface area contributed by atoms with Crippen molar-refractivity contribution < 1.29 is 24.2 Å². The summed E-state index contributed by atoms with van der Waals surface area (Å²) in [5, 5.41) is 13.0. The Hall–Kier alpha value is -3.42. The van der Waals surface area contributed by atoms with Gasteiger partial charge in [-0.05, 0) is 18.6 Å². The van der Waals surface area contributed by atoms with Gasteiger partial charge < -0.3 is 24.8 Å². The number of anilines is 1. The molecule has 0 radical (unpaired) electrons. The van der Waals surface area contributed by atoms with E-state index in [2.05, 4.69) is 19.7 Å². The first-order valence-corrected chi connectivity index (χ1v) is 11.2. The second kappa shape index (κ2) is 9.83. The molecule has 1 fully saturated rings. The van der Waals surface area contributed by atoms with E-state index in [0.29, 0.717) is 42.8 Å². The number of carbonyl (C=O) groups excluding carboxylic acids is 1. The monoisotopic (exact) mass is 488 g/mol. The van der Waals surface area contributed by atoms with Crippen molar-refractivity contribution in [2.45, 2.75) is 13.0 Å². The normalized spacial score (nSPS) is 13.9. The molecule has 4 heterocycles. The number of aryl methyl sites for hydroxylation is 1. The molecule has 0 aliphatic carbocycles. The van der Waals surface area contributed by atoms with Gasteiger partial charge in [0.05, 0.1) is 30.6 Å². The molecule has 0 saturated carbocycles. The van der Waals surface area contributed by atoms with Gasteiger partial charge in [0.25, 0.3) is 0 Å². The van der Waals surface area contributed by atoms with Crippen LogP contribution in [0.1, 0.15) is 15.9 Å². The predicted molar refractivity (Wildman–Crippen MR) is 124 cm³/mol. The lowest BCUT2D eigenvalue weighted by molar-refractivity contribution is -0.127. The van der Waals surface area contributed by atoms with Crippen LogP contribution in [0.3, 0.4) is 0 Å². The minimum atomic E-state index is -1.33. The van der Waals surface area contributed by atoms with Gasteiger partial charge in [0.15, 0.2) is 5.65 Å². The van der Waals surface area contributed by atoms with Crippen LogP contribution >= 0.6 is 11.5 Å². The Kier molecular flexibility index (Phi) is 6.86. The second-order valence-corrected chi connectivity index (χ2v) is 8.74. The summed E-state index contributed by atoms with van der Waals surface area (Å²) < 4.78 is 15.7. The molecule has 1 saturated heterocycles. The van der Waals surface area contributed by atoms with Gasteiger partial charge in [0.2, 0.25) is 16.5 Å². The Balaban J connectivity index is 1.63. The van der Waals surface area contributed by atoms with Gasteiger partial charge in [-0.1, -0.05) is 0 Å². The van der Waals surface area contributed by atoms with E-state index in [1.807, 2.05) is 4.90 Å². The molecule has 180 valence electrons. The van der Waals surface area contributed by atoms with Gasteiger partial charge in [0, 0.05) is 45.0 Å². The van der Waals surface area contributed by atoms with E-state index in [1.165, 1.54) is 17.1 Å². The van der Waals surface area contributed by atoms with Gasteiger partial charge in [-0.2, -0.15) is 4.37 Å². The van der Waals surface area contributed by atoms with Crippen LogP contribution in [0.5, 0.6) is 0 Å². The lowest BCUT2D eigenvalue weighted by Crippen LogP contribution is -2.56. The fourth-order valence-corrected chi connectivity index (χ4v) is 4.41. The first-order chi connectivity index (χ1) is 16.3. The Labute approximate surface area is 198 Å². The van der Waals surface area contributed by atoms with Crippen molar-refractivity contribution in [2.24, 2.45) is 5.92 Å². The first-order valence-electron chi connectivity index (χ1n) is 10.4. The molecule has 13 heteroatoms. The molecular weight excluding hydrogens is 464 g/mol. The zero-order valence-corrected chi connectivity index (χ0v) is 19.7. The molecule has 3 aromatic rings. The molecule has 4 rings (SSSR count). The van der Waals surface area contributed by atoms with E-state index < -0.39 is 11.4 Å². The number of nitrogens with one attached hydrogen (secondary N) is 1. The predicted octanol–water partition coefficient (Wildman–Crippen LogP) is 0.458. The smallest absolute Gasteiger partial charge is 0.341 e. The summed E-state index contributed by atoms with van der Waals surface area (Å²) in [7, 11) is 3.13. The molecule has 0 atom stereocenters. The second-order valence-electron chi connectivity index (χ2n) is 7.98. The highest BCUT2D eigenvalue weighted by molar-refractivity contribution is 7.08. The molecule has 0 bridgehead atoms. The lowest BCUT2D eigenvalue weighted by Gasteiger charge is -2.40. The average Bonchev–Trinajstić information content (AvgIpc) is 3.27. The summed E-state index contributed by atoms with van der Waals surface area (Å²) in [6.45, 7) is 3.33. The van der Waals surface area contributed by atoms with Crippen molar-refractivity contribution >= 4 is 40.3 Å². The summed E-state index contributed by atoms with van der Waals surface area (Å²) in [4.78, 5) is 47.9. The Morgan fingerprint density at radius 2 is 2.00 bits per heavy atom. The van der Waals surface area contributed by atoms with E-state index >= 15 is 0 Å². The number of hydrogen-bond donors (Lipinski definition) is 2. The van der Waals surface area contributed by atoms with Crippen LogP contribution in [0.25, 0.3) is 16.2 Å². The molecule has 3 aromatic heterocycles. The summed E-state index contributed by atoms with van der Waals surface area (Å²) in [6, 6.07) is 1.49. The zero-order chi connectivity index (χ0) is 24.4. The highest BCUT2D eigenvalue weighted by Gasteiger charge is 2.35. The number of amides is 1. The largest absolute Gasteiger partial charge is 0.477 e. The minimum absolute atomic E-state index is 0.0928. The number of carbonyl (C=O) groups is 2. The standard InChI is InChI=1S/C21H24N6O6S/c1-11-4-15(26-5-12(6-26)19(29)24-13(8-32-2)9-33-3)25-18-16(11)17(28)14(20(30)31)7-27(18)21-22-10-23-34-21/h4,7,10,12-13H,5-6,8-9H2,1-3H3,(H,24,29)(H,30,31). The van der Waals surface area contributed by atoms with E-state index in [4.69, 9.17) is 9.47 Å². The molecule has 34 heavy (non-hydrogen) atoms. The van der Waals surface area contributed by atoms with E-state index in [0.717, 1.165) is 11.5 Å². The molecule has 1 aliphatic heterocycles. The van der Waals surface area contributed by atoms with Crippen LogP contribution in [0.4, 0.5) is 5.82 Å². The molecule has 12 nitrogen and oxygen atoms in total. The highest BCUT2D eigenvalue weighted by Crippen LogP contribution is 2.28. The van der Waals surface area contributed by atoms with Crippen molar-refractivity contribution in [1.82, 2.24) is 24.2 Å². The maximum absolute atomic E-state index is 12.9. The third-order valence-electron chi connectivity index (χ3n) is 5.59. The molecule has 1 amide bonds. The van der Waals surface area contributed by atoms with E-state index in [-0.39, 0.29) is 34.5 Å². The van der Waals surface area contributed by atoms with Crippen LogP contribution in [0.2, 0.25) is 0 Å². The van der Waals surface area contributed by atoms with Crippen LogP contribution in [0.15, 0.2) is 23.4 Å². The molecule has 2 N–H and O–H groups in total. The van der Waals surface area contributed by atoms with Crippen molar-refractivity contribution in [3.05, 3.63) is 39.9 Å². The van der Waals surface area contributed by atoms with Crippen LogP contribution in [-0.2, 0) is 14.3 Å². The van der Waals surface area contributed by atoms with Gasteiger partial charge in [-0.25, -0.2) is 14.8 Å². The quantitative estimate of drug-likeness (QED) is 0.435. The number of hydrogen-bond acceptors (Lipinski definition) is 10. The number of carboxylic acid groups (broad SMARTS) is 1. The van der Waals surface area contributed by atoms with Crippen LogP contribution in [0, 0.1) is 12.8 Å². The van der Waals surface area contributed by atoms with E-state index in [9.17, 15) is 19.5 Å². The number of methoxy groups -OCH3 is 2. The number of nitrogens with zero attached hydrogens (tertiary/aromatic N) is 5. The summed E-state index contributed by atoms with van der Waals surface area (Å²) in [5.41, 5.74) is -0.111. The maximum Gasteiger partial charge on any atom is 0.341 e. The fourth-order valence-electron chi connectivity index (χ4n) is 3.90. The van der Waals surface area contributed by atoms with Gasteiger partial charge in [0.1, 0.15) is 17.7 Å². The van der Waals surface area contributed by atoms with Crippen molar-refractivity contribution in [3.63, 3.8) is 0 Å². The maximum atomic E-state index is 12.9. The number of ether oxygens (including phenoxy) is 2. The number of aromatic carboxylic acids is 1. The van der Waals surface area contributed by atoms with Crippen LogP contribution < -0.4 is 15.6 Å². The highest BCUT2D eigenvalue weighted by atomic mass is 32.1. The Morgan fingerprint density at radius 1 is 1.29 bits per heavy atom. The summed E-state index contributed by atoms with van der Waals surface area (Å²) >= 11 is 1.05. The van der Waals surface area contributed by atoms with E-state index in [1.54, 1.807) is 27.2 Å². The summed E-state index contributed by atoms with van der Waals surface area (Å²) in [6.07, 6.45) is 2.57. The van der Waals surface area contributed by atoms with Gasteiger partial charge in [-0.15, -0.1) is 0 Å². The SMILES string of the molecule is COCC(COC)NC(=O)C1CN(c2cc(C)c3c(=O)c(C(=O)O)cn(-c4ncns4)c3n2)C1. The van der Waals surface area contributed by atoms with Gasteiger partial charge >= 0.3 is 5.97 Å². The molecule has 0 unspecified atom stereocenters. The topological polar surface area (TPSA) is 149 Å². The zero-order valence-electron chi connectivity index (χ0n) is 18.8. The molecular formula is C21H24N6O6S. The molecule has 0 aromatic carbocycles. The summed E-state index contributed by atoms with van der Waals surface area (Å²) in [5.74, 6) is -1.07. The molecule has 1 aliphatic rings. The Bertz CT molecular complexity index is 1260. The first kappa shape index (κ1) is 23.7. The third-order valence-corrected chi connectivity index (χ3v) is 6.25. The van der Waals surface area contributed by atoms with Crippen molar-refractivity contribution in [1.29, 1.82) is 0 Å². The molecule has 0 spiro atoms. The third kappa shape index (κ3) is 4.49. The average molecular weight is 489 g/mol. The Morgan fingerprint density at radius 3 is 2.59 bits per heavy atom. The number of pyridine rings is 2. The van der Waals surface area contributed by atoms with Crippen molar-refractivity contribution in [3.8, 4) is 5.13 Å². The number of rotatable bonds is 9. The van der Waals surface area contributed by atoms with Crippen molar-refractivity contribution in [2.75, 3.05) is 45.4 Å². The van der Waals surface area contributed by atoms with Gasteiger partial charge in [-0.3, -0.25) is 14.2 Å². The fraction of sp³-hybridized carbons (Fsp3) is 0.429. The number of fused-ring (bicyclic) bond motifs is 1. The number of carboxylic acids is 1. The van der Waals surface area contributed by atoms with Crippen LogP contribution in [-0.4, -0.2) is 82.5 Å². The number of aromatic nitrogens is 4. The lowest BCUT2D eigenvalue weighted by atomic mass is 9.98. The minimum Gasteiger partial charge on any atom is -0.477 e.